The molecule has 17 heavy (non-hydrogen) atoms. The van der Waals surface area contributed by atoms with Crippen LogP contribution < -0.4 is 0 Å². The molecule has 0 aromatic heterocycles. The van der Waals surface area contributed by atoms with Crippen molar-refractivity contribution in [1.29, 1.82) is 0 Å². The van der Waals surface area contributed by atoms with Gasteiger partial charge < -0.3 is 0 Å². The molecule has 2 rings (SSSR count). The van der Waals surface area contributed by atoms with Crippen LogP contribution in [0.15, 0.2) is 53.0 Å². The van der Waals surface area contributed by atoms with E-state index in [2.05, 4.69) is 31.9 Å². The van der Waals surface area contributed by atoms with Gasteiger partial charge in [0.15, 0.2) is 5.78 Å². The average molecular weight is 354 g/mol. The molecule has 86 valence electrons. The molecule has 0 aliphatic rings. The Hall–Kier alpha value is -0.930. The van der Waals surface area contributed by atoms with Crippen LogP contribution in [0.25, 0.3) is 0 Å². The van der Waals surface area contributed by atoms with E-state index in [9.17, 15) is 4.79 Å². The zero-order chi connectivity index (χ0) is 12.3. The summed E-state index contributed by atoms with van der Waals surface area (Å²) in [6.45, 7) is 0. The molecule has 0 atom stereocenters. The summed E-state index contributed by atoms with van der Waals surface area (Å²) in [5.41, 5.74) is 2.55. The fraction of sp³-hybridized carbons (Fsp3) is 0.0714. The Balaban J connectivity index is 2.35. The highest BCUT2D eigenvalue weighted by molar-refractivity contribution is 9.10. The summed E-state index contributed by atoms with van der Waals surface area (Å²) in [4.78, 5) is 12.2. The molecule has 0 bridgehead atoms. The fourth-order valence-corrected chi connectivity index (χ4v) is 2.94. The third kappa shape index (κ3) is 2.85. The predicted octanol–water partition coefficient (Wildman–Crippen LogP) is 4.58. The summed E-state index contributed by atoms with van der Waals surface area (Å²) in [5.74, 6) is 0.0485. The topological polar surface area (TPSA) is 17.1 Å². The molecule has 0 fully saturated rings. The van der Waals surface area contributed by atoms with Crippen molar-refractivity contribution in [3.63, 3.8) is 0 Å². The van der Waals surface area contributed by atoms with Gasteiger partial charge in [-0.3, -0.25) is 4.79 Å². The summed E-state index contributed by atoms with van der Waals surface area (Å²) in [6, 6.07) is 15.0. The summed E-state index contributed by atoms with van der Waals surface area (Å²) in [7, 11) is 0. The second-order valence-corrected chi connectivity index (χ2v) is 5.05. The summed E-state index contributed by atoms with van der Waals surface area (Å²) < 4.78 is 0.955. The largest absolute Gasteiger partial charge is 0.289 e. The number of carbonyl (C=O) groups excluding carboxylic acids is 1. The van der Waals surface area contributed by atoms with Crippen molar-refractivity contribution in [2.45, 2.75) is 5.33 Å². The minimum Gasteiger partial charge on any atom is -0.289 e. The summed E-state index contributed by atoms with van der Waals surface area (Å²) in [5, 5.41) is 0.771. The Bertz CT molecular complexity index is 535. The smallest absolute Gasteiger partial charge is 0.193 e. The van der Waals surface area contributed by atoms with E-state index >= 15 is 0 Å². The number of rotatable bonds is 3. The van der Waals surface area contributed by atoms with Crippen LogP contribution in [-0.4, -0.2) is 5.78 Å². The predicted molar refractivity (Wildman–Crippen MR) is 76.6 cm³/mol. The maximum Gasteiger partial charge on any atom is 0.193 e. The van der Waals surface area contributed by atoms with Gasteiger partial charge in [-0.2, -0.15) is 0 Å². The van der Waals surface area contributed by atoms with E-state index in [1.165, 1.54) is 0 Å². The summed E-state index contributed by atoms with van der Waals surface area (Å²) in [6.07, 6.45) is 0. The lowest BCUT2D eigenvalue weighted by Crippen LogP contribution is -2.01. The molecule has 0 spiro atoms. The molecule has 0 saturated carbocycles. The minimum absolute atomic E-state index is 0.0485. The number of carbonyl (C=O) groups is 1. The highest BCUT2D eigenvalue weighted by atomic mass is 79.9. The van der Waals surface area contributed by atoms with Gasteiger partial charge in [0.1, 0.15) is 0 Å². The lowest BCUT2D eigenvalue weighted by atomic mass is 10.0. The highest BCUT2D eigenvalue weighted by Gasteiger charge is 2.09. The maximum atomic E-state index is 12.2. The van der Waals surface area contributed by atoms with Gasteiger partial charge in [-0.05, 0) is 11.6 Å². The Morgan fingerprint density at radius 3 is 2.29 bits per heavy atom. The second-order valence-electron chi connectivity index (χ2n) is 3.63. The van der Waals surface area contributed by atoms with Crippen molar-refractivity contribution in [1.82, 2.24) is 0 Å². The Morgan fingerprint density at radius 1 is 1.00 bits per heavy atom. The Kier molecular flexibility index (Phi) is 4.13. The van der Waals surface area contributed by atoms with Crippen molar-refractivity contribution in [3.8, 4) is 0 Å². The molecule has 2 aromatic carbocycles. The number of hydrogen-bond acceptors (Lipinski definition) is 1. The van der Waals surface area contributed by atoms with Gasteiger partial charge in [-0.15, -0.1) is 0 Å². The fourth-order valence-electron chi connectivity index (χ4n) is 1.55. The molecule has 0 aliphatic heterocycles. The van der Waals surface area contributed by atoms with Crippen molar-refractivity contribution in [2.24, 2.45) is 0 Å². The number of hydrogen-bond donors (Lipinski definition) is 0. The SMILES string of the molecule is O=C(c1ccccc1)c1ccc(CBr)c(Br)c1. The first-order valence-corrected chi connectivity index (χ1v) is 7.08. The molecule has 0 radical (unpaired) electrons. The van der Waals surface area contributed by atoms with Crippen molar-refractivity contribution >= 4 is 37.6 Å². The number of halogens is 2. The van der Waals surface area contributed by atoms with Crippen LogP contribution >= 0.6 is 31.9 Å². The first-order valence-electron chi connectivity index (χ1n) is 5.16. The van der Waals surface area contributed by atoms with Gasteiger partial charge in [0, 0.05) is 20.9 Å². The summed E-state index contributed by atoms with van der Waals surface area (Å²) >= 11 is 6.87. The Morgan fingerprint density at radius 2 is 1.71 bits per heavy atom. The lowest BCUT2D eigenvalue weighted by molar-refractivity contribution is 0.103. The van der Waals surface area contributed by atoms with E-state index in [0.717, 1.165) is 15.4 Å². The van der Waals surface area contributed by atoms with Crippen LogP contribution in [0.3, 0.4) is 0 Å². The Labute approximate surface area is 117 Å². The van der Waals surface area contributed by atoms with Crippen LogP contribution in [0.5, 0.6) is 0 Å². The van der Waals surface area contributed by atoms with Gasteiger partial charge in [0.05, 0.1) is 0 Å². The first-order chi connectivity index (χ1) is 8.22. The molecule has 0 unspecified atom stereocenters. The van der Waals surface area contributed by atoms with Crippen molar-refractivity contribution in [2.75, 3.05) is 0 Å². The van der Waals surface area contributed by atoms with Crippen molar-refractivity contribution < 1.29 is 4.79 Å². The van der Waals surface area contributed by atoms with Gasteiger partial charge in [-0.1, -0.05) is 74.3 Å². The zero-order valence-electron chi connectivity index (χ0n) is 8.99. The number of alkyl halides is 1. The monoisotopic (exact) mass is 352 g/mol. The molecule has 0 N–H and O–H groups in total. The van der Waals surface area contributed by atoms with E-state index in [1.54, 1.807) is 0 Å². The van der Waals surface area contributed by atoms with Gasteiger partial charge in [0.25, 0.3) is 0 Å². The molecular formula is C14H10Br2O. The van der Waals surface area contributed by atoms with Gasteiger partial charge in [0.2, 0.25) is 0 Å². The molecular weight excluding hydrogens is 344 g/mol. The second kappa shape index (κ2) is 5.61. The van der Waals surface area contributed by atoms with Crippen LogP contribution in [-0.2, 0) is 5.33 Å². The molecule has 0 aliphatic carbocycles. The van der Waals surface area contributed by atoms with E-state index < -0.39 is 0 Å². The number of benzene rings is 2. The molecule has 2 aromatic rings. The standard InChI is InChI=1S/C14H10Br2O/c15-9-12-7-6-11(8-13(12)16)14(17)10-4-2-1-3-5-10/h1-8H,9H2. The maximum absolute atomic E-state index is 12.2. The van der Waals surface area contributed by atoms with E-state index in [-0.39, 0.29) is 5.78 Å². The first kappa shape index (κ1) is 12.5. The van der Waals surface area contributed by atoms with E-state index in [0.29, 0.717) is 11.1 Å². The van der Waals surface area contributed by atoms with Crippen LogP contribution in [0.1, 0.15) is 21.5 Å². The molecule has 3 heteroatoms. The molecule has 0 heterocycles. The quantitative estimate of drug-likeness (QED) is 0.583. The zero-order valence-corrected chi connectivity index (χ0v) is 12.2. The van der Waals surface area contributed by atoms with E-state index in [4.69, 9.17) is 0 Å². The van der Waals surface area contributed by atoms with Gasteiger partial charge in [-0.25, -0.2) is 0 Å². The highest BCUT2D eigenvalue weighted by Crippen LogP contribution is 2.22. The molecule has 0 saturated heterocycles. The van der Waals surface area contributed by atoms with E-state index in [1.807, 2.05) is 48.5 Å². The normalized spacial score (nSPS) is 10.2. The lowest BCUT2D eigenvalue weighted by Gasteiger charge is -2.04. The van der Waals surface area contributed by atoms with Crippen LogP contribution in [0.2, 0.25) is 0 Å². The van der Waals surface area contributed by atoms with Gasteiger partial charge >= 0.3 is 0 Å². The third-order valence-electron chi connectivity index (χ3n) is 2.50. The minimum atomic E-state index is 0.0485. The van der Waals surface area contributed by atoms with Crippen LogP contribution in [0.4, 0.5) is 0 Å². The van der Waals surface area contributed by atoms with Crippen molar-refractivity contribution in [3.05, 3.63) is 69.7 Å². The third-order valence-corrected chi connectivity index (χ3v) is 3.84. The van der Waals surface area contributed by atoms with Crippen LogP contribution in [0, 0.1) is 0 Å². The molecule has 0 amide bonds. The molecule has 1 nitrogen and oxygen atoms in total. The number of ketones is 1. The average Bonchev–Trinajstić information content (AvgIpc) is 2.39.